The zero-order chi connectivity index (χ0) is 8.69. The number of nitrogens with zero attached hydrogens (tertiary/aromatic N) is 1. The van der Waals surface area contributed by atoms with E-state index < -0.39 is 0 Å². The number of likely N-dealkylation sites (tertiary alicyclic amines) is 1. The van der Waals surface area contributed by atoms with E-state index in [1.54, 1.807) is 7.05 Å². The molecule has 0 bridgehead atoms. The lowest BCUT2D eigenvalue weighted by Gasteiger charge is -2.01. The molecule has 0 aromatic carbocycles. The number of carbonyl (C=O) groups excluding carboxylic acids is 1. The van der Waals surface area contributed by atoms with E-state index in [1.165, 1.54) is 32.9 Å². The van der Waals surface area contributed by atoms with Crippen molar-refractivity contribution in [1.29, 1.82) is 0 Å². The Morgan fingerprint density at radius 3 is 1.82 bits per heavy atom. The van der Waals surface area contributed by atoms with E-state index in [0.29, 0.717) is 0 Å². The van der Waals surface area contributed by atoms with Crippen LogP contribution in [-0.4, -0.2) is 38.0 Å². The highest BCUT2D eigenvalue weighted by Crippen LogP contribution is 2.01. The summed E-state index contributed by atoms with van der Waals surface area (Å²) in [5, 5.41) is 2.39. The Bertz CT molecular complexity index is 109. The molecule has 1 amide bonds. The predicted octanol–water partition coefficient (Wildman–Crippen LogP) is 0.464. The first-order valence-electron chi connectivity index (χ1n) is 4.03. The van der Waals surface area contributed by atoms with Gasteiger partial charge in [-0.25, -0.2) is 0 Å². The zero-order valence-electron chi connectivity index (χ0n) is 7.68. The third-order valence-corrected chi connectivity index (χ3v) is 1.68. The fourth-order valence-electron chi connectivity index (χ4n) is 0.875. The van der Waals surface area contributed by atoms with Crippen LogP contribution in [0.3, 0.4) is 0 Å². The quantitative estimate of drug-likeness (QED) is 0.555. The van der Waals surface area contributed by atoms with Gasteiger partial charge in [0.2, 0.25) is 5.91 Å². The largest absolute Gasteiger partial charge is 0.359 e. The number of amides is 1. The lowest BCUT2D eigenvalue weighted by Crippen LogP contribution is -2.11. The van der Waals surface area contributed by atoms with Gasteiger partial charge in [0.05, 0.1) is 0 Å². The van der Waals surface area contributed by atoms with Crippen LogP contribution in [0.5, 0.6) is 0 Å². The summed E-state index contributed by atoms with van der Waals surface area (Å²) in [7, 11) is 3.77. The zero-order valence-corrected chi connectivity index (χ0v) is 7.68. The first kappa shape index (κ1) is 10.4. The molecule has 0 atom stereocenters. The fourth-order valence-corrected chi connectivity index (χ4v) is 0.875. The molecule has 0 aromatic heterocycles. The Kier molecular flexibility index (Phi) is 5.84. The molecule has 11 heavy (non-hydrogen) atoms. The van der Waals surface area contributed by atoms with Crippen LogP contribution in [0, 0.1) is 0 Å². The molecule has 1 aliphatic rings. The van der Waals surface area contributed by atoms with Crippen molar-refractivity contribution in [2.75, 3.05) is 27.2 Å². The second-order valence-electron chi connectivity index (χ2n) is 2.82. The lowest BCUT2D eigenvalue weighted by molar-refractivity contribution is -0.118. The van der Waals surface area contributed by atoms with Crippen molar-refractivity contribution in [1.82, 2.24) is 10.2 Å². The molecule has 0 unspecified atom stereocenters. The third kappa shape index (κ3) is 7.33. The number of carbonyl (C=O) groups is 1. The van der Waals surface area contributed by atoms with Crippen molar-refractivity contribution in [3.8, 4) is 0 Å². The predicted molar refractivity (Wildman–Crippen MR) is 46.5 cm³/mol. The second kappa shape index (κ2) is 6.16. The van der Waals surface area contributed by atoms with Gasteiger partial charge in [-0.3, -0.25) is 4.79 Å². The van der Waals surface area contributed by atoms with E-state index in [-0.39, 0.29) is 5.91 Å². The van der Waals surface area contributed by atoms with Crippen molar-refractivity contribution in [2.45, 2.75) is 19.8 Å². The van der Waals surface area contributed by atoms with Crippen LogP contribution in [0.2, 0.25) is 0 Å². The molecule has 1 N–H and O–H groups in total. The molecular weight excluding hydrogens is 140 g/mol. The smallest absolute Gasteiger partial charge is 0.216 e. The number of hydrogen-bond donors (Lipinski definition) is 1. The molecule has 0 saturated carbocycles. The summed E-state index contributed by atoms with van der Waals surface area (Å²) in [5.41, 5.74) is 0. The molecule has 66 valence electrons. The minimum Gasteiger partial charge on any atom is -0.359 e. The maximum Gasteiger partial charge on any atom is 0.216 e. The summed E-state index contributed by atoms with van der Waals surface area (Å²) >= 11 is 0. The topological polar surface area (TPSA) is 32.3 Å². The minimum atomic E-state index is 0.00463. The average Bonchev–Trinajstić information content (AvgIpc) is 2.41. The minimum absolute atomic E-state index is 0.00463. The molecule has 1 rings (SSSR count). The number of rotatable bonds is 0. The van der Waals surface area contributed by atoms with Gasteiger partial charge in [0.25, 0.3) is 0 Å². The molecule has 0 spiro atoms. The Hall–Kier alpha value is -0.570. The first-order chi connectivity index (χ1) is 5.16. The molecule has 0 radical (unpaired) electrons. The van der Waals surface area contributed by atoms with Gasteiger partial charge in [0.1, 0.15) is 0 Å². The van der Waals surface area contributed by atoms with E-state index in [0.717, 1.165) is 0 Å². The summed E-state index contributed by atoms with van der Waals surface area (Å²) < 4.78 is 0. The summed E-state index contributed by atoms with van der Waals surface area (Å²) in [6.45, 7) is 4.11. The molecular formula is C8H18N2O. The van der Waals surface area contributed by atoms with Crippen molar-refractivity contribution < 1.29 is 4.79 Å². The highest BCUT2D eigenvalue weighted by atomic mass is 16.1. The van der Waals surface area contributed by atoms with Crippen LogP contribution in [0.4, 0.5) is 0 Å². The molecule has 0 aliphatic carbocycles. The highest BCUT2D eigenvalue weighted by molar-refractivity contribution is 5.72. The van der Waals surface area contributed by atoms with E-state index >= 15 is 0 Å². The van der Waals surface area contributed by atoms with Crippen molar-refractivity contribution in [3.63, 3.8) is 0 Å². The monoisotopic (exact) mass is 158 g/mol. The molecule has 1 fully saturated rings. The Balaban J connectivity index is 0.000000187. The maximum atomic E-state index is 9.70. The second-order valence-corrected chi connectivity index (χ2v) is 2.82. The summed E-state index contributed by atoms with van der Waals surface area (Å²) in [6.07, 6.45) is 2.83. The van der Waals surface area contributed by atoms with Gasteiger partial charge >= 0.3 is 0 Å². The third-order valence-electron chi connectivity index (χ3n) is 1.68. The number of hydrogen-bond acceptors (Lipinski definition) is 2. The lowest BCUT2D eigenvalue weighted by atomic mass is 10.4. The molecule has 1 saturated heterocycles. The van der Waals surface area contributed by atoms with Crippen molar-refractivity contribution in [2.24, 2.45) is 0 Å². The Labute approximate surface area is 68.8 Å². The standard InChI is InChI=1S/C5H11N.C3H7NO/c1-6-4-2-3-5-6;1-3(5)4-2/h2-5H2,1H3;1-2H3,(H,4,5). The van der Waals surface area contributed by atoms with Crippen LogP contribution in [0.1, 0.15) is 19.8 Å². The van der Waals surface area contributed by atoms with Crippen LogP contribution in [0.25, 0.3) is 0 Å². The van der Waals surface area contributed by atoms with Gasteiger partial charge in [-0.05, 0) is 33.0 Å². The van der Waals surface area contributed by atoms with Crippen molar-refractivity contribution >= 4 is 5.91 Å². The molecule has 1 heterocycles. The SMILES string of the molecule is CN1CCCC1.CNC(C)=O. The molecule has 3 heteroatoms. The van der Waals surface area contributed by atoms with E-state index in [4.69, 9.17) is 0 Å². The van der Waals surface area contributed by atoms with Gasteiger partial charge in [-0.1, -0.05) is 0 Å². The van der Waals surface area contributed by atoms with Gasteiger partial charge in [0, 0.05) is 14.0 Å². The first-order valence-corrected chi connectivity index (χ1v) is 4.03. The van der Waals surface area contributed by atoms with E-state index in [9.17, 15) is 4.79 Å². The average molecular weight is 158 g/mol. The molecule has 3 nitrogen and oxygen atoms in total. The van der Waals surface area contributed by atoms with Gasteiger partial charge in [-0.15, -0.1) is 0 Å². The molecule has 0 aromatic rings. The van der Waals surface area contributed by atoms with Crippen LogP contribution >= 0.6 is 0 Å². The summed E-state index contributed by atoms with van der Waals surface area (Å²) in [6, 6.07) is 0. The van der Waals surface area contributed by atoms with Crippen molar-refractivity contribution in [3.05, 3.63) is 0 Å². The normalized spacial score (nSPS) is 17.0. The van der Waals surface area contributed by atoms with Gasteiger partial charge in [0.15, 0.2) is 0 Å². The van der Waals surface area contributed by atoms with Gasteiger partial charge in [-0.2, -0.15) is 0 Å². The summed E-state index contributed by atoms with van der Waals surface area (Å²) in [4.78, 5) is 12.1. The van der Waals surface area contributed by atoms with Crippen LogP contribution in [-0.2, 0) is 4.79 Å². The Morgan fingerprint density at radius 2 is 1.73 bits per heavy atom. The summed E-state index contributed by atoms with van der Waals surface area (Å²) in [5.74, 6) is 0.00463. The Morgan fingerprint density at radius 1 is 1.36 bits per heavy atom. The van der Waals surface area contributed by atoms with Gasteiger partial charge < -0.3 is 10.2 Å². The van der Waals surface area contributed by atoms with Crippen LogP contribution < -0.4 is 5.32 Å². The number of nitrogens with one attached hydrogen (secondary N) is 1. The van der Waals surface area contributed by atoms with Crippen LogP contribution in [0.15, 0.2) is 0 Å². The fraction of sp³-hybridized carbons (Fsp3) is 0.875. The maximum absolute atomic E-state index is 9.70. The van der Waals surface area contributed by atoms with E-state index in [2.05, 4.69) is 17.3 Å². The molecule has 1 aliphatic heterocycles. The highest BCUT2D eigenvalue weighted by Gasteiger charge is 2.03. The van der Waals surface area contributed by atoms with E-state index in [1.807, 2.05) is 0 Å².